The Balaban J connectivity index is 2.57. The molecule has 0 aromatic heterocycles. The molecule has 0 saturated carbocycles. The standard InChI is InChI=1S/C13H17NO2/c1-3-14-13(15)10-7-11-5-8-12(9-6-11)16-4-2/h5-10H,3-4H2,1-2H3,(H,14,15). The molecule has 0 bridgehead atoms. The molecule has 86 valence electrons. The molecule has 0 unspecified atom stereocenters. The molecule has 3 nitrogen and oxygen atoms in total. The van der Waals surface area contributed by atoms with Gasteiger partial charge in [-0.25, -0.2) is 0 Å². The summed E-state index contributed by atoms with van der Waals surface area (Å²) in [5.74, 6) is 0.772. The van der Waals surface area contributed by atoms with Crippen LogP contribution in [-0.2, 0) is 4.79 Å². The van der Waals surface area contributed by atoms with Crippen molar-refractivity contribution in [3.63, 3.8) is 0 Å². The first-order chi connectivity index (χ1) is 7.76. The molecule has 1 amide bonds. The summed E-state index contributed by atoms with van der Waals surface area (Å²) in [7, 11) is 0. The summed E-state index contributed by atoms with van der Waals surface area (Å²) in [5, 5.41) is 2.70. The predicted molar refractivity (Wildman–Crippen MR) is 65.3 cm³/mol. The Hall–Kier alpha value is -1.77. The lowest BCUT2D eigenvalue weighted by molar-refractivity contribution is -0.116. The minimum atomic E-state index is -0.0728. The summed E-state index contributed by atoms with van der Waals surface area (Å²) >= 11 is 0. The van der Waals surface area contributed by atoms with Gasteiger partial charge >= 0.3 is 0 Å². The second-order valence-electron chi connectivity index (χ2n) is 3.23. The number of nitrogens with one attached hydrogen (secondary N) is 1. The van der Waals surface area contributed by atoms with Gasteiger partial charge in [-0.15, -0.1) is 0 Å². The lowest BCUT2D eigenvalue weighted by Crippen LogP contribution is -2.19. The zero-order valence-corrected chi connectivity index (χ0v) is 9.69. The Morgan fingerprint density at radius 2 is 2.00 bits per heavy atom. The molecule has 0 saturated heterocycles. The smallest absolute Gasteiger partial charge is 0.243 e. The van der Waals surface area contributed by atoms with Crippen molar-refractivity contribution < 1.29 is 9.53 Å². The van der Waals surface area contributed by atoms with Gasteiger partial charge in [-0.05, 0) is 37.6 Å². The Morgan fingerprint density at radius 3 is 2.56 bits per heavy atom. The molecule has 0 aliphatic heterocycles. The van der Waals surface area contributed by atoms with Crippen LogP contribution in [0.15, 0.2) is 30.3 Å². The molecular formula is C13H17NO2. The van der Waals surface area contributed by atoms with Gasteiger partial charge in [0, 0.05) is 12.6 Å². The second kappa shape index (κ2) is 6.67. The van der Waals surface area contributed by atoms with E-state index in [1.54, 1.807) is 6.08 Å². The first-order valence-electron chi connectivity index (χ1n) is 5.45. The lowest BCUT2D eigenvalue weighted by Gasteiger charge is -2.02. The number of rotatable bonds is 5. The average Bonchev–Trinajstić information content (AvgIpc) is 2.29. The quantitative estimate of drug-likeness (QED) is 0.771. The third-order valence-corrected chi connectivity index (χ3v) is 1.97. The fourth-order valence-corrected chi connectivity index (χ4v) is 1.25. The van der Waals surface area contributed by atoms with Crippen molar-refractivity contribution in [3.8, 4) is 5.75 Å². The second-order valence-corrected chi connectivity index (χ2v) is 3.23. The zero-order valence-electron chi connectivity index (χ0n) is 9.69. The molecule has 1 aromatic rings. The van der Waals surface area contributed by atoms with E-state index in [0.29, 0.717) is 13.2 Å². The molecule has 1 N–H and O–H groups in total. The van der Waals surface area contributed by atoms with Crippen molar-refractivity contribution in [2.45, 2.75) is 13.8 Å². The normalized spacial score (nSPS) is 10.4. The van der Waals surface area contributed by atoms with Crippen LogP contribution >= 0.6 is 0 Å². The fraction of sp³-hybridized carbons (Fsp3) is 0.308. The van der Waals surface area contributed by atoms with Crippen LogP contribution in [0, 0.1) is 0 Å². The summed E-state index contributed by atoms with van der Waals surface area (Å²) in [5.41, 5.74) is 0.981. The van der Waals surface area contributed by atoms with E-state index in [9.17, 15) is 4.79 Å². The van der Waals surface area contributed by atoms with Gasteiger partial charge in [-0.2, -0.15) is 0 Å². The van der Waals surface area contributed by atoms with Gasteiger partial charge in [-0.1, -0.05) is 12.1 Å². The molecule has 1 aromatic carbocycles. The highest BCUT2D eigenvalue weighted by atomic mass is 16.5. The highest BCUT2D eigenvalue weighted by Crippen LogP contribution is 2.12. The molecule has 0 atom stereocenters. The van der Waals surface area contributed by atoms with Crippen LogP contribution in [0.3, 0.4) is 0 Å². The van der Waals surface area contributed by atoms with Gasteiger partial charge in [0.25, 0.3) is 0 Å². The van der Waals surface area contributed by atoms with Crippen LogP contribution in [-0.4, -0.2) is 19.1 Å². The number of carbonyl (C=O) groups is 1. The van der Waals surface area contributed by atoms with Crippen molar-refractivity contribution in [1.82, 2.24) is 5.32 Å². The molecule has 0 radical (unpaired) electrons. The maximum Gasteiger partial charge on any atom is 0.243 e. The number of amides is 1. The molecule has 0 spiro atoms. The van der Waals surface area contributed by atoms with E-state index in [-0.39, 0.29) is 5.91 Å². The Morgan fingerprint density at radius 1 is 1.31 bits per heavy atom. The Labute approximate surface area is 96.1 Å². The highest BCUT2D eigenvalue weighted by Gasteiger charge is 1.93. The number of likely N-dealkylation sites (N-methyl/N-ethyl adjacent to an activating group) is 1. The summed E-state index contributed by atoms with van der Waals surface area (Å²) in [6.07, 6.45) is 3.31. The number of ether oxygens (including phenoxy) is 1. The molecule has 3 heteroatoms. The van der Waals surface area contributed by atoms with Crippen molar-refractivity contribution in [1.29, 1.82) is 0 Å². The maximum atomic E-state index is 11.2. The molecule has 0 aliphatic carbocycles. The fourth-order valence-electron chi connectivity index (χ4n) is 1.25. The van der Waals surface area contributed by atoms with E-state index < -0.39 is 0 Å². The van der Waals surface area contributed by atoms with Gasteiger partial charge in [0.1, 0.15) is 5.75 Å². The van der Waals surface area contributed by atoms with Crippen molar-refractivity contribution >= 4 is 12.0 Å². The monoisotopic (exact) mass is 219 g/mol. The molecule has 0 aliphatic rings. The van der Waals surface area contributed by atoms with Gasteiger partial charge < -0.3 is 10.1 Å². The van der Waals surface area contributed by atoms with Crippen LogP contribution in [0.2, 0.25) is 0 Å². The maximum absolute atomic E-state index is 11.2. The number of carbonyl (C=O) groups excluding carboxylic acids is 1. The SMILES string of the molecule is CCNC(=O)C=Cc1ccc(OCC)cc1. The largest absolute Gasteiger partial charge is 0.494 e. The van der Waals surface area contributed by atoms with E-state index in [4.69, 9.17) is 4.74 Å². The van der Waals surface area contributed by atoms with Crippen LogP contribution in [0.1, 0.15) is 19.4 Å². The van der Waals surface area contributed by atoms with E-state index >= 15 is 0 Å². The Kier molecular flexibility index (Phi) is 5.12. The molecule has 1 rings (SSSR count). The van der Waals surface area contributed by atoms with Crippen LogP contribution in [0.5, 0.6) is 5.75 Å². The van der Waals surface area contributed by atoms with Crippen molar-refractivity contribution in [3.05, 3.63) is 35.9 Å². The topological polar surface area (TPSA) is 38.3 Å². The summed E-state index contributed by atoms with van der Waals surface area (Å²) in [6, 6.07) is 7.61. The minimum Gasteiger partial charge on any atom is -0.494 e. The molecular weight excluding hydrogens is 202 g/mol. The van der Waals surface area contributed by atoms with E-state index in [1.807, 2.05) is 38.1 Å². The Bertz CT molecular complexity index is 355. The number of benzene rings is 1. The van der Waals surface area contributed by atoms with Crippen LogP contribution in [0.4, 0.5) is 0 Å². The minimum absolute atomic E-state index is 0.0728. The third-order valence-electron chi connectivity index (χ3n) is 1.97. The molecule has 0 fully saturated rings. The van der Waals surface area contributed by atoms with Gasteiger partial charge in [-0.3, -0.25) is 4.79 Å². The van der Waals surface area contributed by atoms with Crippen LogP contribution in [0.25, 0.3) is 6.08 Å². The highest BCUT2D eigenvalue weighted by molar-refractivity contribution is 5.91. The molecule has 0 heterocycles. The van der Waals surface area contributed by atoms with Gasteiger partial charge in [0.15, 0.2) is 0 Å². The first-order valence-corrected chi connectivity index (χ1v) is 5.45. The van der Waals surface area contributed by atoms with E-state index in [0.717, 1.165) is 11.3 Å². The number of hydrogen-bond donors (Lipinski definition) is 1. The van der Waals surface area contributed by atoms with Gasteiger partial charge in [0.2, 0.25) is 5.91 Å². The summed E-state index contributed by atoms with van der Waals surface area (Å²) < 4.78 is 5.32. The van der Waals surface area contributed by atoms with Crippen molar-refractivity contribution in [2.75, 3.05) is 13.2 Å². The lowest BCUT2D eigenvalue weighted by atomic mass is 10.2. The zero-order chi connectivity index (χ0) is 11.8. The van der Waals surface area contributed by atoms with Crippen molar-refractivity contribution in [2.24, 2.45) is 0 Å². The van der Waals surface area contributed by atoms with Crippen LogP contribution < -0.4 is 10.1 Å². The van der Waals surface area contributed by atoms with Gasteiger partial charge in [0.05, 0.1) is 6.61 Å². The third kappa shape index (κ3) is 4.17. The summed E-state index contributed by atoms with van der Waals surface area (Å²) in [4.78, 5) is 11.2. The molecule has 16 heavy (non-hydrogen) atoms. The average molecular weight is 219 g/mol. The summed E-state index contributed by atoms with van der Waals surface area (Å²) in [6.45, 7) is 5.14. The first kappa shape index (κ1) is 12.3. The van der Waals surface area contributed by atoms with E-state index in [2.05, 4.69) is 5.32 Å². The van der Waals surface area contributed by atoms with E-state index in [1.165, 1.54) is 6.08 Å². The number of hydrogen-bond acceptors (Lipinski definition) is 2. The predicted octanol–water partition coefficient (Wildman–Crippen LogP) is 2.23.